The number of piperidine rings is 1. The molecule has 0 amide bonds. The van der Waals surface area contributed by atoms with Gasteiger partial charge in [0.25, 0.3) is 0 Å². The monoisotopic (exact) mass is 381 g/mol. The Balaban J connectivity index is 1.78. The van der Waals surface area contributed by atoms with Crippen LogP contribution in [0.2, 0.25) is 0 Å². The van der Waals surface area contributed by atoms with E-state index in [1.807, 2.05) is 62.4 Å². The first-order valence-electron chi connectivity index (χ1n) is 9.98. The van der Waals surface area contributed by atoms with E-state index in [1.54, 1.807) is 0 Å². The maximum absolute atomic E-state index is 13.2. The van der Waals surface area contributed by atoms with Gasteiger partial charge in [-0.2, -0.15) is 0 Å². The molecule has 2 aromatic carbocycles. The molecule has 4 atom stereocenters. The molecule has 5 nitrogen and oxygen atoms in total. The van der Waals surface area contributed by atoms with Gasteiger partial charge in [-0.25, -0.2) is 0 Å². The van der Waals surface area contributed by atoms with Gasteiger partial charge in [0, 0.05) is 35.0 Å². The number of carbonyl (C=O) groups excluding carboxylic acids is 1. The standard InChI is InChI=1S/C23H27NO4/c1-15-21-17-7-3-5-9-19(17)27-13-11-26-12-14-28-20-10-6-4-8-18(20)22(24-21)16(2)23(15)25/h3-10,15-16,21-22,24H,11-14H2,1-2H3/t15-,16+,21-,22-/m1/s1. The maximum Gasteiger partial charge on any atom is 0.142 e. The van der Waals surface area contributed by atoms with E-state index in [4.69, 9.17) is 14.2 Å². The molecule has 0 saturated carbocycles. The lowest BCUT2D eigenvalue weighted by atomic mass is 9.76. The first-order chi connectivity index (χ1) is 13.7. The van der Waals surface area contributed by atoms with Gasteiger partial charge >= 0.3 is 0 Å². The first kappa shape index (κ1) is 19.0. The molecule has 28 heavy (non-hydrogen) atoms. The van der Waals surface area contributed by atoms with Crippen LogP contribution in [0.15, 0.2) is 48.5 Å². The van der Waals surface area contributed by atoms with Crippen LogP contribution in [-0.4, -0.2) is 32.2 Å². The zero-order valence-corrected chi connectivity index (χ0v) is 16.4. The van der Waals surface area contributed by atoms with Gasteiger partial charge in [-0.1, -0.05) is 50.2 Å². The van der Waals surface area contributed by atoms with E-state index in [-0.39, 0.29) is 29.7 Å². The van der Waals surface area contributed by atoms with E-state index in [9.17, 15) is 4.79 Å². The Morgan fingerprint density at radius 3 is 1.71 bits per heavy atom. The molecule has 0 spiro atoms. The zero-order valence-electron chi connectivity index (χ0n) is 16.4. The molecule has 2 aliphatic heterocycles. The van der Waals surface area contributed by atoms with E-state index in [0.29, 0.717) is 26.4 Å². The van der Waals surface area contributed by atoms with Gasteiger partial charge < -0.3 is 19.5 Å². The molecule has 2 aliphatic rings. The molecule has 1 fully saturated rings. The average Bonchev–Trinajstić information content (AvgIpc) is 2.72. The van der Waals surface area contributed by atoms with E-state index in [2.05, 4.69) is 5.32 Å². The summed E-state index contributed by atoms with van der Waals surface area (Å²) in [4.78, 5) is 13.2. The number of nitrogens with one attached hydrogen (secondary N) is 1. The van der Waals surface area contributed by atoms with Crippen LogP contribution in [-0.2, 0) is 9.53 Å². The van der Waals surface area contributed by atoms with E-state index >= 15 is 0 Å². The van der Waals surface area contributed by atoms with Gasteiger partial charge in [-0.3, -0.25) is 4.79 Å². The van der Waals surface area contributed by atoms with Crippen molar-refractivity contribution < 1.29 is 19.0 Å². The number of hydrogen-bond acceptors (Lipinski definition) is 5. The molecule has 148 valence electrons. The van der Waals surface area contributed by atoms with Crippen molar-refractivity contribution in [2.24, 2.45) is 11.8 Å². The first-order valence-corrected chi connectivity index (χ1v) is 9.98. The fourth-order valence-electron chi connectivity index (χ4n) is 4.20. The Bertz CT molecular complexity index is 771. The highest BCUT2D eigenvalue weighted by molar-refractivity contribution is 5.85. The highest BCUT2D eigenvalue weighted by Gasteiger charge is 2.41. The fourth-order valence-corrected chi connectivity index (χ4v) is 4.20. The number of rotatable bonds is 0. The van der Waals surface area contributed by atoms with Gasteiger partial charge in [-0.05, 0) is 12.1 Å². The second-order valence-corrected chi connectivity index (χ2v) is 7.49. The highest BCUT2D eigenvalue weighted by atomic mass is 16.5. The molecule has 5 heteroatoms. The number of fused-ring (bicyclic) bond motifs is 6. The number of Topliss-reactive ketones (excluding diaryl/α,β-unsaturated/α-hetero) is 1. The normalized spacial score (nSPS) is 28.1. The minimum atomic E-state index is -0.145. The van der Waals surface area contributed by atoms with Crippen LogP contribution in [0, 0.1) is 11.8 Å². The van der Waals surface area contributed by atoms with Crippen molar-refractivity contribution in [3.8, 4) is 11.5 Å². The Labute approximate surface area is 166 Å². The Morgan fingerprint density at radius 1 is 0.750 bits per heavy atom. The van der Waals surface area contributed by atoms with Crippen molar-refractivity contribution in [3.05, 3.63) is 59.7 Å². The predicted octanol–water partition coefficient (Wildman–Crippen LogP) is 3.70. The third-order valence-corrected chi connectivity index (χ3v) is 5.74. The predicted molar refractivity (Wildman–Crippen MR) is 107 cm³/mol. The summed E-state index contributed by atoms with van der Waals surface area (Å²) in [5.74, 6) is 1.58. The largest absolute Gasteiger partial charge is 0.491 e. The van der Waals surface area contributed by atoms with Gasteiger partial charge in [0.15, 0.2) is 0 Å². The smallest absolute Gasteiger partial charge is 0.142 e. The van der Waals surface area contributed by atoms with E-state index in [1.165, 1.54) is 0 Å². The molecule has 2 aromatic rings. The van der Waals surface area contributed by atoms with Crippen LogP contribution >= 0.6 is 0 Å². The second-order valence-electron chi connectivity index (χ2n) is 7.49. The van der Waals surface area contributed by atoms with Gasteiger partial charge in [-0.15, -0.1) is 0 Å². The van der Waals surface area contributed by atoms with E-state index in [0.717, 1.165) is 22.6 Å². The van der Waals surface area contributed by atoms with Crippen LogP contribution in [0.5, 0.6) is 11.5 Å². The summed E-state index contributed by atoms with van der Waals surface area (Å²) in [5.41, 5.74) is 2.02. The van der Waals surface area contributed by atoms with Crippen LogP contribution in [0.4, 0.5) is 0 Å². The summed E-state index contributed by atoms with van der Waals surface area (Å²) in [6, 6.07) is 15.7. The van der Waals surface area contributed by atoms with Crippen molar-refractivity contribution in [2.75, 3.05) is 26.4 Å². The molecule has 0 aromatic heterocycles. The molecular weight excluding hydrogens is 354 g/mol. The minimum absolute atomic E-state index is 0.123. The lowest BCUT2D eigenvalue weighted by Crippen LogP contribution is -2.46. The maximum atomic E-state index is 13.2. The number of hydrogen-bond donors (Lipinski definition) is 1. The fraction of sp³-hybridized carbons (Fsp3) is 0.435. The van der Waals surface area contributed by atoms with Gasteiger partial charge in [0.2, 0.25) is 0 Å². The molecule has 1 N–H and O–H groups in total. The highest BCUT2D eigenvalue weighted by Crippen LogP contribution is 2.42. The van der Waals surface area contributed by atoms with Crippen molar-refractivity contribution in [1.29, 1.82) is 0 Å². The minimum Gasteiger partial charge on any atom is -0.491 e. The van der Waals surface area contributed by atoms with Crippen molar-refractivity contribution in [2.45, 2.75) is 25.9 Å². The summed E-state index contributed by atoms with van der Waals surface area (Å²) < 4.78 is 17.6. The Morgan fingerprint density at radius 2 is 1.21 bits per heavy atom. The molecule has 1 saturated heterocycles. The Kier molecular flexibility index (Phi) is 5.64. The number of ether oxygens (including phenoxy) is 3. The van der Waals surface area contributed by atoms with Crippen LogP contribution in [0.3, 0.4) is 0 Å². The summed E-state index contributed by atoms with van der Waals surface area (Å²) in [6.45, 7) is 5.90. The average molecular weight is 381 g/mol. The number of ketones is 1. The molecule has 0 unspecified atom stereocenters. The second kappa shape index (κ2) is 8.33. The Hall–Kier alpha value is -2.37. The number of carbonyl (C=O) groups is 1. The zero-order chi connectivity index (χ0) is 19.5. The van der Waals surface area contributed by atoms with Crippen molar-refractivity contribution in [1.82, 2.24) is 5.32 Å². The summed E-state index contributed by atoms with van der Waals surface area (Å²) in [5, 5.41) is 3.74. The number of para-hydroxylation sites is 2. The summed E-state index contributed by atoms with van der Waals surface area (Å²) in [7, 11) is 0. The lowest BCUT2D eigenvalue weighted by molar-refractivity contribution is -0.130. The van der Waals surface area contributed by atoms with Crippen LogP contribution in [0.25, 0.3) is 0 Å². The third kappa shape index (κ3) is 3.64. The molecule has 4 rings (SSSR count). The summed E-state index contributed by atoms with van der Waals surface area (Å²) in [6.07, 6.45) is 0. The molecule has 0 radical (unpaired) electrons. The molecule has 2 heterocycles. The lowest BCUT2D eigenvalue weighted by Gasteiger charge is -2.40. The van der Waals surface area contributed by atoms with Crippen LogP contribution in [0.1, 0.15) is 37.1 Å². The quantitative estimate of drug-likeness (QED) is 0.754. The molecule has 2 bridgehead atoms. The third-order valence-electron chi connectivity index (χ3n) is 5.74. The SMILES string of the molecule is C[C@@H]1C(=O)[C@H](C)[C@H]2N[C@H]1c1ccccc1OCCOCCOc1ccccc12. The van der Waals surface area contributed by atoms with Crippen molar-refractivity contribution >= 4 is 5.78 Å². The molecular formula is C23H27NO4. The van der Waals surface area contributed by atoms with Gasteiger partial charge in [0.1, 0.15) is 30.5 Å². The van der Waals surface area contributed by atoms with Gasteiger partial charge in [0.05, 0.1) is 13.2 Å². The van der Waals surface area contributed by atoms with Crippen LogP contribution < -0.4 is 14.8 Å². The van der Waals surface area contributed by atoms with E-state index < -0.39 is 0 Å². The summed E-state index contributed by atoms with van der Waals surface area (Å²) >= 11 is 0. The topological polar surface area (TPSA) is 56.8 Å². The number of benzene rings is 2. The van der Waals surface area contributed by atoms with Crippen molar-refractivity contribution in [3.63, 3.8) is 0 Å². The molecule has 0 aliphatic carbocycles.